The van der Waals surface area contributed by atoms with Crippen LogP contribution in [0.3, 0.4) is 0 Å². The zero-order valence-corrected chi connectivity index (χ0v) is 11.1. The molecule has 0 amide bonds. The molecule has 0 N–H and O–H groups in total. The highest BCUT2D eigenvalue weighted by atomic mass is 16.6. The van der Waals surface area contributed by atoms with Gasteiger partial charge in [0.2, 0.25) is 0 Å². The van der Waals surface area contributed by atoms with Crippen molar-refractivity contribution in [2.45, 2.75) is 6.42 Å². The van der Waals surface area contributed by atoms with E-state index in [9.17, 15) is 0 Å². The van der Waals surface area contributed by atoms with E-state index in [0.29, 0.717) is 65.9 Å². The quantitative estimate of drug-likeness (QED) is 0.427. The molecule has 0 aromatic carbocycles. The van der Waals surface area contributed by atoms with Crippen molar-refractivity contribution in [3.8, 4) is 6.07 Å². The first-order valence-electron chi connectivity index (χ1n) is 6.08. The first-order valence-corrected chi connectivity index (χ1v) is 6.08. The summed E-state index contributed by atoms with van der Waals surface area (Å²) in [7, 11) is 1.64. The summed E-state index contributed by atoms with van der Waals surface area (Å²) >= 11 is 0. The fraction of sp³-hybridized carbons (Fsp3) is 0.917. The average Bonchev–Trinajstić information content (AvgIpc) is 2.39. The summed E-state index contributed by atoms with van der Waals surface area (Å²) in [5.41, 5.74) is 0. The summed E-state index contributed by atoms with van der Waals surface area (Å²) in [6.45, 7) is 4.93. The normalized spacial score (nSPS) is 10.4. The van der Waals surface area contributed by atoms with Gasteiger partial charge < -0.3 is 23.7 Å². The Bertz CT molecular complexity index is 195. The summed E-state index contributed by atoms with van der Waals surface area (Å²) in [5.74, 6) is 0. The molecule has 0 aromatic rings. The van der Waals surface area contributed by atoms with Crippen molar-refractivity contribution in [3.63, 3.8) is 0 Å². The highest BCUT2D eigenvalue weighted by Crippen LogP contribution is 1.84. The van der Waals surface area contributed by atoms with Crippen LogP contribution in [-0.4, -0.2) is 66.6 Å². The fourth-order valence-corrected chi connectivity index (χ4v) is 1.02. The third-order valence-electron chi connectivity index (χ3n) is 1.91. The Morgan fingerprint density at radius 2 is 1.06 bits per heavy atom. The number of hydrogen-bond acceptors (Lipinski definition) is 6. The zero-order chi connectivity index (χ0) is 13.3. The van der Waals surface area contributed by atoms with Crippen LogP contribution in [-0.2, 0) is 23.7 Å². The molecule has 0 atom stereocenters. The minimum Gasteiger partial charge on any atom is -0.382 e. The molecule has 0 spiro atoms. The van der Waals surface area contributed by atoms with Crippen LogP contribution in [0.15, 0.2) is 0 Å². The molecule has 18 heavy (non-hydrogen) atoms. The molecule has 0 aliphatic heterocycles. The molecule has 0 saturated heterocycles. The van der Waals surface area contributed by atoms with Gasteiger partial charge >= 0.3 is 0 Å². The van der Waals surface area contributed by atoms with Gasteiger partial charge in [0.1, 0.15) is 0 Å². The van der Waals surface area contributed by atoms with E-state index in [4.69, 9.17) is 28.9 Å². The topological polar surface area (TPSA) is 69.9 Å². The number of nitriles is 1. The number of methoxy groups -OCH3 is 1. The lowest BCUT2D eigenvalue weighted by molar-refractivity contribution is -0.00734. The second-order valence-corrected chi connectivity index (χ2v) is 3.35. The van der Waals surface area contributed by atoms with Crippen molar-refractivity contribution < 1.29 is 23.7 Å². The minimum atomic E-state index is 0.423. The first kappa shape index (κ1) is 17.3. The van der Waals surface area contributed by atoms with Crippen molar-refractivity contribution in [2.75, 3.05) is 66.6 Å². The molecule has 0 aromatic heterocycles. The smallest absolute Gasteiger partial charge is 0.0701 e. The lowest BCUT2D eigenvalue weighted by Gasteiger charge is -2.06. The maximum absolute atomic E-state index is 8.26. The van der Waals surface area contributed by atoms with Gasteiger partial charge in [-0.15, -0.1) is 0 Å². The number of rotatable bonds is 14. The Kier molecular flexibility index (Phi) is 15.6. The standard InChI is InChI=1S/C12H23NO5/c1-14-5-6-16-9-10-18-12-11-17-8-7-15-4-2-3-13/h2,4-12H2,1H3. The van der Waals surface area contributed by atoms with Gasteiger partial charge in [-0.1, -0.05) is 0 Å². The van der Waals surface area contributed by atoms with Crippen LogP contribution in [0.4, 0.5) is 0 Å². The summed E-state index contributed by atoms with van der Waals surface area (Å²) in [6.07, 6.45) is 0.423. The van der Waals surface area contributed by atoms with Gasteiger partial charge in [-0.2, -0.15) is 5.26 Å². The number of hydrogen-bond donors (Lipinski definition) is 0. The number of ether oxygens (including phenoxy) is 5. The Balaban J connectivity index is 2.89. The van der Waals surface area contributed by atoms with Gasteiger partial charge in [0.25, 0.3) is 0 Å². The van der Waals surface area contributed by atoms with Gasteiger partial charge in [0.05, 0.1) is 72.0 Å². The van der Waals surface area contributed by atoms with Crippen molar-refractivity contribution in [3.05, 3.63) is 0 Å². The molecule has 0 fully saturated rings. The fourth-order valence-electron chi connectivity index (χ4n) is 1.02. The SMILES string of the molecule is COCCOCCOCCOCCOCCC#N. The maximum Gasteiger partial charge on any atom is 0.0701 e. The Hall–Kier alpha value is -0.710. The molecule has 6 heteroatoms. The second kappa shape index (κ2) is 16.3. The van der Waals surface area contributed by atoms with Crippen molar-refractivity contribution in [1.29, 1.82) is 5.26 Å². The predicted molar refractivity (Wildman–Crippen MR) is 65.4 cm³/mol. The van der Waals surface area contributed by atoms with Crippen molar-refractivity contribution in [1.82, 2.24) is 0 Å². The molecule has 0 saturated carbocycles. The summed E-state index contributed by atoms with van der Waals surface area (Å²) < 4.78 is 25.7. The van der Waals surface area contributed by atoms with Crippen molar-refractivity contribution >= 4 is 0 Å². The van der Waals surface area contributed by atoms with E-state index in [1.54, 1.807) is 7.11 Å². The van der Waals surface area contributed by atoms with Crippen LogP contribution in [0.1, 0.15) is 6.42 Å². The van der Waals surface area contributed by atoms with E-state index >= 15 is 0 Å². The largest absolute Gasteiger partial charge is 0.382 e. The lowest BCUT2D eigenvalue weighted by Crippen LogP contribution is -2.13. The lowest BCUT2D eigenvalue weighted by atomic mass is 10.5. The molecule has 0 rings (SSSR count). The Morgan fingerprint density at radius 1 is 0.667 bits per heavy atom. The molecule has 0 heterocycles. The summed E-state index contributed by atoms with van der Waals surface area (Å²) in [4.78, 5) is 0. The maximum atomic E-state index is 8.26. The molecule has 0 radical (unpaired) electrons. The van der Waals surface area contributed by atoms with Gasteiger partial charge in [0, 0.05) is 7.11 Å². The van der Waals surface area contributed by atoms with Crippen LogP contribution in [0, 0.1) is 11.3 Å². The van der Waals surface area contributed by atoms with Gasteiger partial charge in [-0.05, 0) is 0 Å². The van der Waals surface area contributed by atoms with Crippen molar-refractivity contribution in [2.24, 2.45) is 0 Å². The molecular formula is C12H23NO5. The Labute approximate surface area is 109 Å². The van der Waals surface area contributed by atoms with Crippen LogP contribution in [0.25, 0.3) is 0 Å². The molecule has 6 nitrogen and oxygen atoms in total. The average molecular weight is 261 g/mol. The van der Waals surface area contributed by atoms with E-state index in [-0.39, 0.29) is 0 Å². The van der Waals surface area contributed by atoms with E-state index < -0.39 is 0 Å². The number of nitrogens with zero attached hydrogens (tertiary/aromatic N) is 1. The molecular weight excluding hydrogens is 238 g/mol. The molecule has 0 aliphatic carbocycles. The van der Waals surface area contributed by atoms with Crippen LogP contribution in [0.2, 0.25) is 0 Å². The molecule has 0 unspecified atom stereocenters. The third kappa shape index (κ3) is 15.3. The van der Waals surface area contributed by atoms with Gasteiger partial charge in [-0.3, -0.25) is 0 Å². The second-order valence-electron chi connectivity index (χ2n) is 3.35. The van der Waals surface area contributed by atoms with E-state index in [1.165, 1.54) is 0 Å². The highest BCUT2D eigenvalue weighted by Gasteiger charge is 1.92. The predicted octanol–water partition coefficient (Wildman–Crippen LogP) is 0.613. The van der Waals surface area contributed by atoms with Gasteiger partial charge in [0.15, 0.2) is 0 Å². The molecule has 106 valence electrons. The van der Waals surface area contributed by atoms with Crippen LogP contribution >= 0.6 is 0 Å². The first-order chi connectivity index (χ1) is 8.91. The zero-order valence-electron chi connectivity index (χ0n) is 11.1. The van der Waals surface area contributed by atoms with Crippen LogP contribution in [0.5, 0.6) is 0 Å². The molecule has 0 bridgehead atoms. The van der Waals surface area contributed by atoms with Crippen LogP contribution < -0.4 is 0 Å². The molecule has 0 aliphatic rings. The highest BCUT2D eigenvalue weighted by molar-refractivity contribution is 4.66. The summed E-state index contributed by atoms with van der Waals surface area (Å²) in [5, 5.41) is 8.26. The third-order valence-corrected chi connectivity index (χ3v) is 1.91. The Morgan fingerprint density at radius 3 is 1.44 bits per heavy atom. The van der Waals surface area contributed by atoms with E-state index in [2.05, 4.69) is 0 Å². The van der Waals surface area contributed by atoms with E-state index in [0.717, 1.165) is 0 Å². The monoisotopic (exact) mass is 261 g/mol. The minimum absolute atomic E-state index is 0.423. The van der Waals surface area contributed by atoms with E-state index in [1.807, 2.05) is 6.07 Å². The van der Waals surface area contributed by atoms with Gasteiger partial charge in [-0.25, -0.2) is 0 Å². The summed E-state index contributed by atoms with van der Waals surface area (Å²) in [6, 6.07) is 2.01.